The molecule has 0 atom stereocenters. The molecular weight excluding hydrogens is 324 g/mol. The molecular formula is C22H14N2S. The lowest BCUT2D eigenvalue weighted by Gasteiger charge is -2.00. The van der Waals surface area contributed by atoms with E-state index in [1.165, 1.54) is 21.5 Å². The maximum atomic E-state index is 4.42. The molecule has 0 radical (unpaired) electrons. The third-order valence-corrected chi connectivity index (χ3v) is 5.44. The first-order valence-electron chi connectivity index (χ1n) is 8.19. The number of nitrogens with zero attached hydrogens (tertiary/aromatic N) is 2. The summed E-state index contributed by atoms with van der Waals surface area (Å²) in [6.45, 7) is 0. The van der Waals surface area contributed by atoms with Gasteiger partial charge in [0.2, 0.25) is 0 Å². The first-order valence-corrected chi connectivity index (χ1v) is 9.00. The van der Waals surface area contributed by atoms with Crippen molar-refractivity contribution in [3.63, 3.8) is 0 Å². The molecule has 25 heavy (non-hydrogen) atoms. The molecule has 5 rings (SSSR count). The minimum absolute atomic E-state index is 0.953. The average molecular weight is 338 g/mol. The third-order valence-electron chi connectivity index (χ3n) is 4.42. The SMILES string of the molecule is c1ccc2cc(-c3nnc(-c4ccc5ccccc5c4)s3)ccc2c1. The van der Waals surface area contributed by atoms with Crippen molar-refractivity contribution in [3.8, 4) is 21.1 Å². The van der Waals surface area contributed by atoms with Crippen LogP contribution in [0.3, 0.4) is 0 Å². The zero-order valence-electron chi connectivity index (χ0n) is 13.4. The molecule has 0 saturated heterocycles. The van der Waals surface area contributed by atoms with Crippen LogP contribution in [0.2, 0.25) is 0 Å². The van der Waals surface area contributed by atoms with Gasteiger partial charge < -0.3 is 0 Å². The molecule has 2 nitrogen and oxygen atoms in total. The topological polar surface area (TPSA) is 25.8 Å². The Hall–Kier alpha value is -3.04. The molecule has 0 saturated carbocycles. The van der Waals surface area contributed by atoms with Gasteiger partial charge in [-0.2, -0.15) is 0 Å². The summed E-state index contributed by atoms with van der Waals surface area (Å²) >= 11 is 1.63. The van der Waals surface area contributed by atoms with E-state index in [0.29, 0.717) is 0 Å². The van der Waals surface area contributed by atoms with Gasteiger partial charge in [-0.1, -0.05) is 84.1 Å². The molecule has 3 heteroatoms. The zero-order chi connectivity index (χ0) is 16.6. The van der Waals surface area contributed by atoms with Crippen LogP contribution in [0.1, 0.15) is 0 Å². The highest BCUT2D eigenvalue weighted by Gasteiger charge is 2.09. The van der Waals surface area contributed by atoms with Gasteiger partial charge in [0, 0.05) is 11.1 Å². The number of hydrogen-bond donors (Lipinski definition) is 0. The molecule has 0 N–H and O–H groups in total. The van der Waals surface area contributed by atoms with Gasteiger partial charge in [0.15, 0.2) is 0 Å². The van der Waals surface area contributed by atoms with Crippen LogP contribution in [0, 0.1) is 0 Å². The van der Waals surface area contributed by atoms with Gasteiger partial charge in [0.05, 0.1) is 0 Å². The minimum atomic E-state index is 0.953. The van der Waals surface area contributed by atoms with Crippen LogP contribution in [0.15, 0.2) is 84.9 Å². The second-order valence-corrected chi connectivity index (χ2v) is 7.01. The molecule has 5 aromatic rings. The van der Waals surface area contributed by atoms with Crippen LogP contribution in [0.5, 0.6) is 0 Å². The van der Waals surface area contributed by atoms with E-state index in [1.54, 1.807) is 11.3 Å². The van der Waals surface area contributed by atoms with Crippen LogP contribution >= 0.6 is 11.3 Å². The van der Waals surface area contributed by atoms with Crippen molar-refractivity contribution < 1.29 is 0 Å². The van der Waals surface area contributed by atoms with Gasteiger partial charge in [0.25, 0.3) is 0 Å². The van der Waals surface area contributed by atoms with E-state index in [0.717, 1.165) is 21.1 Å². The smallest absolute Gasteiger partial charge is 0.138 e. The van der Waals surface area contributed by atoms with Crippen LogP contribution in [-0.2, 0) is 0 Å². The zero-order valence-corrected chi connectivity index (χ0v) is 14.2. The quantitative estimate of drug-likeness (QED) is 0.384. The summed E-state index contributed by atoms with van der Waals surface area (Å²) in [5.74, 6) is 0. The number of benzene rings is 4. The Labute approximate surface area is 149 Å². The van der Waals surface area contributed by atoms with Crippen molar-refractivity contribution in [2.45, 2.75) is 0 Å². The summed E-state index contributed by atoms with van der Waals surface area (Å²) in [6, 6.07) is 29.6. The molecule has 0 spiro atoms. The number of fused-ring (bicyclic) bond motifs is 2. The van der Waals surface area contributed by atoms with Gasteiger partial charge in [0.1, 0.15) is 10.0 Å². The molecule has 4 aromatic carbocycles. The molecule has 0 fully saturated rings. The van der Waals surface area contributed by atoms with E-state index in [1.807, 2.05) is 0 Å². The van der Waals surface area contributed by atoms with Gasteiger partial charge >= 0.3 is 0 Å². The summed E-state index contributed by atoms with van der Waals surface area (Å²) in [7, 11) is 0. The number of rotatable bonds is 2. The average Bonchev–Trinajstić information content (AvgIpc) is 3.17. The van der Waals surface area contributed by atoms with Crippen LogP contribution in [0.25, 0.3) is 42.7 Å². The van der Waals surface area contributed by atoms with Crippen molar-refractivity contribution >= 4 is 32.9 Å². The highest BCUT2D eigenvalue weighted by Crippen LogP contribution is 2.32. The number of aromatic nitrogens is 2. The Morgan fingerprint density at radius 3 is 1.40 bits per heavy atom. The fourth-order valence-corrected chi connectivity index (χ4v) is 3.94. The highest BCUT2D eigenvalue weighted by atomic mass is 32.1. The molecule has 1 aromatic heterocycles. The normalized spacial score (nSPS) is 11.2. The lowest BCUT2D eigenvalue weighted by atomic mass is 10.1. The fourth-order valence-electron chi connectivity index (χ4n) is 3.10. The Morgan fingerprint density at radius 1 is 0.480 bits per heavy atom. The molecule has 0 bridgehead atoms. The summed E-state index contributed by atoms with van der Waals surface area (Å²) in [5, 5.41) is 15.7. The van der Waals surface area contributed by atoms with Gasteiger partial charge in [-0.15, -0.1) is 10.2 Å². The van der Waals surface area contributed by atoms with Crippen molar-refractivity contribution in [1.82, 2.24) is 10.2 Å². The van der Waals surface area contributed by atoms with E-state index in [4.69, 9.17) is 0 Å². The Morgan fingerprint density at radius 2 is 0.920 bits per heavy atom. The van der Waals surface area contributed by atoms with Crippen molar-refractivity contribution in [2.75, 3.05) is 0 Å². The third kappa shape index (κ3) is 2.59. The van der Waals surface area contributed by atoms with E-state index < -0.39 is 0 Å². The number of hydrogen-bond acceptors (Lipinski definition) is 3. The van der Waals surface area contributed by atoms with Crippen molar-refractivity contribution in [1.29, 1.82) is 0 Å². The van der Waals surface area contributed by atoms with Gasteiger partial charge in [-0.3, -0.25) is 0 Å². The Bertz CT molecular complexity index is 1110. The summed E-state index contributed by atoms with van der Waals surface area (Å²) in [5.41, 5.74) is 2.23. The van der Waals surface area contributed by atoms with Gasteiger partial charge in [-0.25, -0.2) is 0 Å². The molecule has 0 aliphatic carbocycles. The minimum Gasteiger partial charge on any atom is -0.138 e. The van der Waals surface area contributed by atoms with Crippen molar-refractivity contribution in [3.05, 3.63) is 84.9 Å². The maximum Gasteiger partial charge on any atom is 0.148 e. The fraction of sp³-hybridized carbons (Fsp3) is 0. The first kappa shape index (κ1) is 14.3. The second-order valence-electron chi connectivity index (χ2n) is 6.04. The van der Waals surface area contributed by atoms with E-state index in [9.17, 15) is 0 Å². The molecule has 0 unspecified atom stereocenters. The highest BCUT2D eigenvalue weighted by molar-refractivity contribution is 7.17. The summed E-state index contributed by atoms with van der Waals surface area (Å²) < 4.78 is 0. The lowest BCUT2D eigenvalue weighted by Crippen LogP contribution is -1.79. The monoisotopic (exact) mass is 338 g/mol. The summed E-state index contributed by atoms with van der Waals surface area (Å²) in [4.78, 5) is 0. The Kier molecular flexibility index (Phi) is 3.32. The molecule has 118 valence electrons. The standard InChI is InChI=1S/C22H14N2S/c1-3-7-17-13-19(11-9-15(17)5-1)21-23-24-22(25-21)20-12-10-16-6-2-4-8-18(16)14-20/h1-14H. The van der Waals surface area contributed by atoms with Crippen molar-refractivity contribution in [2.24, 2.45) is 0 Å². The molecule has 0 amide bonds. The lowest BCUT2D eigenvalue weighted by molar-refractivity contribution is 1.10. The van der Waals surface area contributed by atoms with Crippen LogP contribution in [0.4, 0.5) is 0 Å². The second kappa shape index (κ2) is 5.80. The summed E-state index contributed by atoms with van der Waals surface area (Å²) in [6.07, 6.45) is 0. The van der Waals surface area contributed by atoms with Crippen LogP contribution in [-0.4, -0.2) is 10.2 Å². The van der Waals surface area contributed by atoms with E-state index in [2.05, 4.69) is 95.1 Å². The predicted octanol–water partition coefficient (Wildman–Crippen LogP) is 6.18. The molecule has 1 heterocycles. The van der Waals surface area contributed by atoms with Crippen LogP contribution < -0.4 is 0 Å². The largest absolute Gasteiger partial charge is 0.148 e. The maximum absolute atomic E-state index is 4.42. The molecule has 0 aliphatic heterocycles. The van der Waals surface area contributed by atoms with Gasteiger partial charge in [-0.05, 0) is 33.7 Å². The predicted molar refractivity (Wildman–Crippen MR) is 106 cm³/mol. The molecule has 0 aliphatic rings. The van der Waals surface area contributed by atoms with E-state index >= 15 is 0 Å². The van der Waals surface area contributed by atoms with E-state index in [-0.39, 0.29) is 0 Å². The Balaban J connectivity index is 1.57. The first-order chi connectivity index (χ1) is 12.4.